The molecule has 2 amide bonds. The maximum Gasteiger partial charge on any atom is 0.325 e. The Balaban J connectivity index is 2.51. The van der Waals surface area contributed by atoms with Crippen molar-refractivity contribution in [3.63, 3.8) is 0 Å². The molecule has 0 heterocycles. The minimum Gasteiger partial charge on any atom is -0.493 e. The first-order valence-electron chi connectivity index (χ1n) is 8.97. The Morgan fingerprint density at radius 1 is 0.929 bits per heavy atom. The van der Waals surface area contributed by atoms with E-state index in [0.717, 1.165) is 19.3 Å². The van der Waals surface area contributed by atoms with E-state index in [9.17, 15) is 14.4 Å². The van der Waals surface area contributed by atoms with Crippen LogP contribution < -0.4 is 24.8 Å². The average molecular weight is 396 g/mol. The highest BCUT2D eigenvalue weighted by Gasteiger charge is 2.17. The quantitative estimate of drug-likeness (QED) is 0.404. The van der Waals surface area contributed by atoms with E-state index in [1.807, 2.05) is 0 Å². The van der Waals surface area contributed by atoms with E-state index in [2.05, 4.69) is 17.6 Å². The van der Waals surface area contributed by atoms with Crippen LogP contribution in [0.25, 0.3) is 0 Å². The van der Waals surface area contributed by atoms with Crippen LogP contribution in [0.5, 0.6) is 17.2 Å². The molecule has 9 heteroatoms. The van der Waals surface area contributed by atoms with Crippen molar-refractivity contribution >= 4 is 17.8 Å². The predicted octanol–water partition coefficient (Wildman–Crippen LogP) is 1.29. The highest BCUT2D eigenvalue weighted by molar-refractivity contribution is 5.97. The van der Waals surface area contributed by atoms with Crippen molar-refractivity contribution in [1.82, 2.24) is 10.6 Å². The van der Waals surface area contributed by atoms with Crippen molar-refractivity contribution in [2.75, 3.05) is 41.0 Å². The Bertz CT molecular complexity index is 651. The summed E-state index contributed by atoms with van der Waals surface area (Å²) < 4.78 is 20.4. The first-order chi connectivity index (χ1) is 13.5. The van der Waals surface area contributed by atoms with Gasteiger partial charge in [0.2, 0.25) is 5.75 Å². The number of unbranched alkanes of at least 4 members (excludes halogenated alkanes) is 2. The summed E-state index contributed by atoms with van der Waals surface area (Å²) in [6.07, 6.45) is 2.95. The van der Waals surface area contributed by atoms with Gasteiger partial charge in [0.25, 0.3) is 11.8 Å². The monoisotopic (exact) mass is 396 g/mol. The molecule has 0 radical (unpaired) electrons. The second-order valence-corrected chi connectivity index (χ2v) is 5.81. The van der Waals surface area contributed by atoms with Gasteiger partial charge in [-0.05, 0) is 18.6 Å². The third-order valence-electron chi connectivity index (χ3n) is 3.79. The van der Waals surface area contributed by atoms with Gasteiger partial charge in [-0.25, -0.2) is 0 Å². The average Bonchev–Trinajstić information content (AvgIpc) is 2.72. The smallest absolute Gasteiger partial charge is 0.325 e. The highest BCUT2D eigenvalue weighted by atomic mass is 16.5. The molecule has 0 aliphatic heterocycles. The van der Waals surface area contributed by atoms with E-state index in [1.54, 1.807) is 0 Å². The Labute approximate surface area is 164 Å². The third kappa shape index (κ3) is 7.34. The van der Waals surface area contributed by atoms with Gasteiger partial charge < -0.3 is 29.6 Å². The van der Waals surface area contributed by atoms with E-state index < -0.39 is 11.9 Å². The van der Waals surface area contributed by atoms with Crippen molar-refractivity contribution in [1.29, 1.82) is 0 Å². The summed E-state index contributed by atoms with van der Waals surface area (Å²) in [5.74, 6) is -0.639. The predicted molar refractivity (Wildman–Crippen MR) is 102 cm³/mol. The van der Waals surface area contributed by atoms with Crippen molar-refractivity contribution in [2.45, 2.75) is 26.2 Å². The molecule has 0 unspecified atom stereocenters. The normalized spacial score (nSPS) is 10.0. The van der Waals surface area contributed by atoms with Gasteiger partial charge in [-0.15, -0.1) is 0 Å². The Morgan fingerprint density at radius 2 is 1.57 bits per heavy atom. The number of methoxy groups -OCH3 is 3. The van der Waals surface area contributed by atoms with Crippen molar-refractivity contribution in [2.24, 2.45) is 0 Å². The Hall–Kier alpha value is -2.97. The molecule has 0 aromatic heterocycles. The molecule has 156 valence electrons. The number of carbonyl (C=O) groups is 3. The highest BCUT2D eigenvalue weighted by Crippen LogP contribution is 2.38. The van der Waals surface area contributed by atoms with Gasteiger partial charge in [-0.1, -0.05) is 19.8 Å². The van der Waals surface area contributed by atoms with Crippen LogP contribution >= 0.6 is 0 Å². The van der Waals surface area contributed by atoms with Gasteiger partial charge in [-0.3, -0.25) is 14.4 Å². The molecule has 9 nitrogen and oxygen atoms in total. The van der Waals surface area contributed by atoms with Crippen LogP contribution in [0.4, 0.5) is 0 Å². The summed E-state index contributed by atoms with van der Waals surface area (Å²) >= 11 is 0. The van der Waals surface area contributed by atoms with Crippen LogP contribution in [0.2, 0.25) is 0 Å². The summed E-state index contributed by atoms with van der Waals surface area (Å²) in [4.78, 5) is 35.6. The lowest BCUT2D eigenvalue weighted by Crippen LogP contribution is -2.34. The summed E-state index contributed by atoms with van der Waals surface area (Å²) in [6, 6.07) is 2.93. The molecule has 0 aliphatic rings. The number of rotatable bonds is 12. The van der Waals surface area contributed by atoms with E-state index >= 15 is 0 Å². The number of benzene rings is 1. The second-order valence-electron chi connectivity index (χ2n) is 5.81. The molecule has 0 aliphatic carbocycles. The molecular weight excluding hydrogens is 368 g/mol. The Morgan fingerprint density at radius 3 is 2.11 bits per heavy atom. The van der Waals surface area contributed by atoms with Gasteiger partial charge in [0, 0.05) is 12.1 Å². The number of carbonyl (C=O) groups excluding carboxylic acids is 3. The molecule has 1 aromatic rings. The van der Waals surface area contributed by atoms with Gasteiger partial charge in [-0.2, -0.15) is 0 Å². The van der Waals surface area contributed by atoms with Crippen LogP contribution in [-0.4, -0.2) is 58.8 Å². The molecule has 0 saturated heterocycles. The zero-order valence-electron chi connectivity index (χ0n) is 16.8. The molecule has 0 spiro atoms. The lowest BCUT2D eigenvalue weighted by molar-refractivity contribution is -0.147. The number of hydrogen-bond donors (Lipinski definition) is 2. The third-order valence-corrected chi connectivity index (χ3v) is 3.79. The van der Waals surface area contributed by atoms with Gasteiger partial charge in [0.1, 0.15) is 6.54 Å². The minimum absolute atomic E-state index is 0.218. The van der Waals surface area contributed by atoms with E-state index in [1.165, 1.54) is 33.5 Å². The van der Waals surface area contributed by atoms with Crippen LogP contribution in [0.3, 0.4) is 0 Å². The lowest BCUT2D eigenvalue weighted by Gasteiger charge is -2.14. The van der Waals surface area contributed by atoms with Gasteiger partial charge in [0.05, 0.1) is 21.3 Å². The SMILES string of the molecule is CCCCCNC(=O)COC(=O)CNC(=O)c1cc(OC)c(OC)c(OC)c1. The molecule has 1 rings (SSSR count). The topological polar surface area (TPSA) is 112 Å². The molecular formula is C19H28N2O7. The van der Waals surface area contributed by atoms with E-state index in [4.69, 9.17) is 18.9 Å². The van der Waals surface area contributed by atoms with Crippen LogP contribution in [0.1, 0.15) is 36.5 Å². The molecule has 0 atom stereocenters. The standard InChI is InChI=1S/C19H28N2O7/c1-5-6-7-8-20-16(22)12-28-17(23)11-21-19(24)13-9-14(25-2)18(27-4)15(10-13)26-3/h9-10H,5-8,11-12H2,1-4H3,(H,20,22)(H,21,24). The maximum atomic E-state index is 12.3. The lowest BCUT2D eigenvalue weighted by atomic mass is 10.1. The zero-order chi connectivity index (χ0) is 20.9. The maximum absolute atomic E-state index is 12.3. The molecule has 28 heavy (non-hydrogen) atoms. The second kappa shape index (κ2) is 12.4. The van der Waals surface area contributed by atoms with E-state index in [-0.39, 0.29) is 24.6 Å². The fraction of sp³-hybridized carbons (Fsp3) is 0.526. The molecule has 0 fully saturated rings. The van der Waals surface area contributed by atoms with E-state index in [0.29, 0.717) is 23.8 Å². The van der Waals surface area contributed by atoms with Gasteiger partial charge in [0.15, 0.2) is 18.1 Å². The number of esters is 1. The van der Waals surface area contributed by atoms with Crippen LogP contribution in [-0.2, 0) is 14.3 Å². The fourth-order valence-electron chi connectivity index (χ4n) is 2.32. The number of nitrogens with one attached hydrogen (secondary N) is 2. The molecule has 2 N–H and O–H groups in total. The van der Waals surface area contributed by atoms with Crippen molar-refractivity contribution in [3.05, 3.63) is 17.7 Å². The summed E-state index contributed by atoms with van der Waals surface area (Å²) in [5, 5.41) is 5.08. The van der Waals surface area contributed by atoms with Crippen LogP contribution in [0, 0.1) is 0 Å². The molecule has 0 saturated carbocycles. The minimum atomic E-state index is -0.718. The molecule has 0 bridgehead atoms. The number of ether oxygens (including phenoxy) is 4. The first kappa shape index (κ1) is 23.1. The van der Waals surface area contributed by atoms with Crippen molar-refractivity contribution < 1.29 is 33.3 Å². The van der Waals surface area contributed by atoms with Crippen molar-refractivity contribution in [3.8, 4) is 17.2 Å². The first-order valence-corrected chi connectivity index (χ1v) is 8.97. The molecule has 1 aromatic carbocycles. The fourth-order valence-corrected chi connectivity index (χ4v) is 2.32. The summed E-state index contributed by atoms with van der Waals surface area (Å²) in [6.45, 7) is 1.85. The van der Waals surface area contributed by atoms with Gasteiger partial charge >= 0.3 is 5.97 Å². The van der Waals surface area contributed by atoms with Crippen LogP contribution in [0.15, 0.2) is 12.1 Å². The largest absolute Gasteiger partial charge is 0.493 e. The number of hydrogen-bond acceptors (Lipinski definition) is 7. The Kier molecular flexibility index (Phi) is 10.2. The summed E-state index contributed by atoms with van der Waals surface area (Å²) in [5.41, 5.74) is 0.218. The number of amides is 2. The zero-order valence-corrected chi connectivity index (χ0v) is 16.8. The summed E-state index contributed by atoms with van der Waals surface area (Å²) in [7, 11) is 4.32.